The number of hydrogen-bond acceptors (Lipinski definition) is 7. The van der Waals surface area contributed by atoms with Crippen LogP contribution in [0.3, 0.4) is 0 Å². The normalized spacial score (nSPS) is 10.8. The Kier molecular flexibility index (Phi) is 2.35. The number of anilines is 1. The lowest BCUT2D eigenvalue weighted by Crippen LogP contribution is -2.12. The summed E-state index contributed by atoms with van der Waals surface area (Å²) in [6.07, 6.45) is 4.37. The summed E-state index contributed by atoms with van der Waals surface area (Å²) in [5.41, 5.74) is 8.29. The third-order valence-electron chi connectivity index (χ3n) is 2.50. The number of nitrogens with one attached hydrogen (secondary N) is 2. The van der Waals surface area contributed by atoms with Gasteiger partial charge in [0.2, 0.25) is 5.95 Å². The fourth-order valence-electron chi connectivity index (χ4n) is 1.62. The number of nitrogens with zero attached hydrogens (tertiary/aromatic N) is 5. The van der Waals surface area contributed by atoms with Crippen LogP contribution in [0.4, 0.5) is 5.95 Å². The number of nitrogens with two attached hydrogens (primary N) is 2. The van der Waals surface area contributed by atoms with Crippen molar-refractivity contribution in [1.29, 1.82) is 0 Å². The third-order valence-corrected chi connectivity index (χ3v) is 2.50. The average molecular weight is 259 g/mol. The highest BCUT2D eigenvalue weighted by Crippen LogP contribution is 2.18. The van der Waals surface area contributed by atoms with Gasteiger partial charge in [-0.15, -0.1) is 0 Å². The molecule has 3 heterocycles. The van der Waals surface area contributed by atoms with Gasteiger partial charge in [-0.05, 0) is 0 Å². The van der Waals surface area contributed by atoms with E-state index in [1.165, 1.54) is 17.1 Å². The number of aromatic nitrogens is 6. The number of nitrogen functional groups attached to an aromatic ring is 1. The number of primary amides is 1. The lowest BCUT2D eigenvalue weighted by molar-refractivity contribution is 0.100. The van der Waals surface area contributed by atoms with Gasteiger partial charge in [0.25, 0.3) is 5.91 Å². The molecule has 0 aliphatic heterocycles. The molecule has 0 atom stereocenters. The number of aromatic amines is 1. The van der Waals surface area contributed by atoms with Crippen molar-refractivity contribution in [1.82, 2.24) is 29.9 Å². The van der Waals surface area contributed by atoms with E-state index in [1.807, 2.05) is 0 Å². The molecule has 0 saturated heterocycles. The molecule has 3 aromatic rings. The molecule has 96 valence electrons. The highest BCUT2D eigenvalue weighted by Gasteiger charge is 2.13. The minimum Gasteiger partial charge on any atom is -0.366 e. The Hall–Kier alpha value is -3.01. The van der Waals surface area contributed by atoms with Gasteiger partial charge in [0.05, 0.1) is 23.3 Å². The van der Waals surface area contributed by atoms with Crippen LogP contribution in [-0.4, -0.2) is 35.9 Å². The Morgan fingerprint density at radius 2 is 2.21 bits per heavy atom. The van der Waals surface area contributed by atoms with Crippen molar-refractivity contribution >= 4 is 22.9 Å². The zero-order chi connectivity index (χ0) is 13.4. The summed E-state index contributed by atoms with van der Waals surface area (Å²) < 4.78 is 1.40. The first-order valence-corrected chi connectivity index (χ1v) is 5.21. The van der Waals surface area contributed by atoms with Crippen LogP contribution in [0.5, 0.6) is 0 Å². The summed E-state index contributed by atoms with van der Waals surface area (Å²) in [4.78, 5) is 19.3. The van der Waals surface area contributed by atoms with Gasteiger partial charge in [-0.3, -0.25) is 15.3 Å². The van der Waals surface area contributed by atoms with Gasteiger partial charge < -0.3 is 5.73 Å². The number of amides is 1. The number of rotatable bonds is 3. The Bertz CT molecular complexity index is 758. The molecule has 0 fully saturated rings. The molecule has 0 aliphatic carbocycles. The van der Waals surface area contributed by atoms with Gasteiger partial charge in [-0.25, -0.2) is 10.5 Å². The van der Waals surface area contributed by atoms with Crippen molar-refractivity contribution in [3.63, 3.8) is 0 Å². The maximum absolute atomic E-state index is 11.1. The molecule has 0 saturated carbocycles. The maximum atomic E-state index is 11.1. The molecule has 3 aromatic heterocycles. The largest absolute Gasteiger partial charge is 0.366 e. The topological polar surface area (TPSA) is 153 Å². The van der Waals surface area contributed by atoms with E-state index in [-0.39, 0.29) is 11.5 Å². The Morgan fingerprint density at radius 3 is 2.89 bits per heavy atom. The van der Waals surface area contributed by atoms with Crippen LogP contribution >= 0.6 is 0 Å². The van der Waals surface area contributed by atoms with Crippen LogP contribution in [0.25, 0.3) is 16.9 Å². The van der Waals surface area contributed by atoms with Crippen molar-refractivity contribution < 1.29 is 4.79 Å². The standard InChI is InChI=1S/C9H9N9O/c10-6(19)4-1-13-18(3-4)8-5-2-12-17-7(5)14-9(15-8)16-11/h1-3H,11H2,(H2,10,19)(H2,12,14,15,16,17). The van der Waals surface area contributed by atoms with Crippen molar-refractivity contribution in [3.05, 3.63) is 24.2 Å². The zero-order valence-corrected chi connectivity index (χ0v) is 9.53. The molecule has 0 bridgehead atoms. The molecule has 3 rings (SSSR count). The second-order valence-electron chi connectivity index (χ2n) is 3.69. The van der Waals surface area contributed by atoms with E-state index in [9.17, 15) is 4.79 Å². The van der Waals surface area contributed by atoms with Gasteiger partial charge in [-0.1, -0.05) is 0 Å². The number of H-pyrrole nitrogens is 1. The number of carbonyl (C=O) groups is 1. The first kappa shape index (κ1) is 11.1. The lowest BCUT2D eigenvalue weighted by atomic mass is 10.3. The van der Waals surface area contributed by atoms with Crippen LogP contribution in [0, 0.1) is 0 Å². The molecule has 0 aromatic carbocycles. The van der Waals surface area contributed by atoms with Crippen LogP contribution < -0.4 is 17.0 Å². The predicted molar refractivity (Wildman–Crippen MR) is 65.1 cm³/mol. The van der Waals surface area contributed by atoms with E-state index in [4.69, 9.17) is 11.6 Å². The van der Waals surface area contributed by atoms with Gasteiger partial charge in [-0.2, -0.15) is 20.2 Å². The molecule has 10 heteroatoms. The summed E-state index contributed by atoms with van der Waals surface area (Å²) in [6, 6.07) is 0. The molecule has 10 nitrogen and oxygen atoms in total. The summed E-state index contributed by atoms with van der Waals surface area (Å²) in [7, 11) is 0. The Morgan fingerprint density at radius 1 is 1.37 bits per heavy atom. The van der Waals surface area contributed by atoms with Gasteiger partial charge in [0.15, 0.2) is 11.5 Å². The molecular weight excluding hydrogens is 250 g/mol. The number of hydrogen-bond donors (Lipinski definition) is 4. The van der Waals surface area contributed by atoms with Crippen LogP contribution in [0.1, 0.15) is 10.4 Å². The summed E-state index contributed by atoms with van der Waals surface area (Å²) in [5, 5.41) is 11.2. The predicted octanol–water partition coefficient (Wildman–Crippen LogP) is -1.08. The van der Waals surface area contributed by atoms with E-state index < -0.39 is 5.91 Å². The average Bonchev–Trinajstić information content (AvgIpc) is 3.06. The zero-order valence-electron chi connectivity index (χ0n) is 9.53. The minimum atomic E-state index is -0.569. The first-order valence-electron chi connectivity index (χ1n) is 5.21. The minimum absolute atomic E-state index is 0.197. The van der Waals surface area contributed by atoms with Gasteiger partial charge >= 0.3 is 0 Å². The molecule has 0 unspecified atom stereocenters. The van der Waals surface area contributed by atoms with Crippen LogP contribution in [-0.2, 0) is 0 Å². The highest BCUT2D eigenvalue weighted by atomic mass is 16.1. The lowest BCUT2D eigenvalue weighted by Gasteiger charge is -2.04. The van der Waals surface area contributed by atoms with Crippen LogP contribution in [0.2, 0.25) is 0 Å². The molecule has 0 spiro atoms. The van der Waals surface area contributed by atoms with E-state index in [0.29, 0.717) is 16.9 Å². The SMILES string of the molecule is NNc1nc(-n2cc(C(N)=O)cn2)c2cn[nH]c2n1. The molecule has 0 aliphatic rings. The fourth-order valence-corrected chi connectivity index (χ4v) is 1.62. The first-order chi connectivity index (χ1) is 9.19. The summed E-state index contributed by atoms with van der Waals surface area (Å²) >= 11 is 0. The van der Waals surface area contributed by atoms with Gasteiger partial charge in [0.1, 0.15) is 0 Å². The molecule has 0 radical (unpaired) electrons. The quantitative estimate of drug-likeness (QED) is 0.344. The van der Waals surface area contributed by atoms with E-state index in [1.54, 1.807) is 6.20 Å². The third kappa shape index (κ3) is 1.75. The Labute approximate surface area is 105 Å². The number of fused-ring (bicyclic) bond motifs is 1. The van der Waals surface area contributed by atoms with Gasteiger partial charge in [0, 0.05) is 6.20 Å². The summed E-state index contributed by atoms with van der Waals surface area (Å²) in [6.45, 7) is 0. The second kappa shape index (κ2) is 4.03. The molecule has 1 amide bonds. The maximum Gasteiger partial charge on any atom is 0.251 e. The van der Waals surface area contributed by atoms with Crippen LogP contribution in [0.15, 0.2) is 18.6 Å². The van der Waals surface area contributed by atoms with E-state index in [0.717, 1.165) is 0 Å². The number of hydrazine groups is 1. The monoisotopic (exact) mass is 259 g/mol. The number of carbonyl (C=O) groups excluding carboxylic acids is 1. The molecular formula is C9H9N9O. The van der Waals surface area contributed by atoms with Crippen molar-refractivity contribution in [3.8, 4) is 5.82 Å². The van der Waals surface area contributed by atoms with Crippen molar-refractivity contribution in [2.75, 3.05) is 5.43 Å². The van der Waals surface area contributed by atoms with E-state index >= 15 is 0 Å². The Balaban J connectivity index is 2.21. The van der Waals surface area contributed by atoms with Crippen molar-refractivity contribution in [2.24, 2.45) is 11.6 Å². The summed E-state index contributed by atoms with van der Waals surface area (Å²) in [5.74, 6) is 5.36. The smallest absolute Gasteiger partial charge is 0.251 e. The second-order valence-corrected chi connectivity index (χ2v) is 3.69. The highest BCUT2D eigenvalue weighted by molar-refractivity contribution is 5.92. The van der Waals surface area contributed by atoms with E-state index in [2.05, 4.69) is 30.7 Å². The molecule has 6 N–H and O–H groups in total. The van der Waals surface area contributed by atoms with Crippen molar-refractivity contribution in [2.45, 2.75) is 0 Å². The fraction of sp³-hybridized carbons (Fsp3) is 0. The molecule has 19 heavy (non-hydrogen) atoms.